The Labute approximate surface area is 145 Å². The lowest BCUT2D eigenvalue weighted by Gasteiger charge is -2.00. The molecule has 1 saturated heterocycles. The van der Waals surface area contributed by atoms with Gasteiger partial charge in [0, 0.05) is 5.97 Å². The number of rotatable bonds is 14. The smallest absolute Gasteiger partial charge is 0.103 e. The predicted octanol–water partition coefficient (Wildman–Crippen LogP) is 3.06. The topological polar surface area (TPSA) is 72.9 Å². The summed E-state index contributed by atoms with van der Waals surface area (Å²) in [6.45, 7) is 2.21. The summed E-state index contributed by atoms with van der Waals surface area (Å²) in [5, 5.41) is 20.1. The van der Waals surface area contributed by atoms with Crippen LogP contribution in [0.25, 0.3) is 0 Å². The molecule has 24 heavy (non-hydrogen) atoms. The van der Waals surface area contributed by atoms with Crippen molar-refractivity contribution in [2.45, 2.75) is 83.0 Å². The second-order valence-electron chi connectivity index (χ2n) is 6.27. The quantitative estimate of drug-likeness (QED) is 0.301. The maximum absolute atomic E-state index is 10.2. The van der Waals surface area contributed by atoms with Gasteiger partial charge in [-0.15, -0.1) is 0 Å². The Balaban J connectivity index is 2.04. The molecule has 3 atom stereocenters. The maximum Gasteiger partial charge on any atom is 0.103 e. The van der Waals surface area contributed by atoms with Gasteiger partial charge in [-0.2, -0.15) is 0 Å². The van der Waals surface area contributed by atoms with Crippen LogP contribution in [0.2, 0.25) is 0 Å². The molecule has 4 nitrogen and oxygen atoms in total. The van der Waals surface area contributed by atoms with Crippen molar-refractivity contribution in [2.24, 2.45) is 0 Å². The molecule has 136 valence electrons. The minimum Gasteiger partial charge on any atom is -0.550 e. The van der Waals surface area contributed by atoms with Gasteiger partial charge in [-0.3, -0.25) is 0 Å². The zero-order valence-electron chi connectivity index (χ0n) is 14.7. The molecule has 0 aliphatic carbocycles. The average Bonchev–Trinajstić information content (AvgIpc) is 3.30. The van der Waals surface area contributed by atoms with Gasteiger partial charge in [-0.1, -0.05) is 56.2 Å². The number of hydrogen-bond acceptors (Lipinski definition) is 4. The number of hydrogen-bond donors (Lipinski definition) is 1. The van der Waals surface area contributed by atoms with Crippen LogP contribution in [-0.2, 0) is 9.53 Å². The van der Waals surface area contributed by atoms with E-state index < -0.39 is 12.1 Å². The molecule has 0 aromatic carbocycles. The molecule has 4 heteroatoms. The maximum atomic E-state index is 10.2. The number of aliphatic hydroxyl groups is 1. The first-order chi connectivity index (χ1) is 11.6. The third-order valence-corrected chi connectivity index (χ3v) is 3.95. The predicted molar refractivity (Wildman–Crippen MR) is 94.3 cm³/mol. The highest BCUT2D eigenvalue weighted by atomic mass is 16.6. The van der Waals surface area contributed by atoms with Crippen molar-refractivity contribution in [3.8, 4) is 0 Å². The van der Waals surface area contributed by atoms with E-state index >= 15 is 0 Å². The van der Waals surface area contributed by atoms with Crippen LogP contribution in [-0.4, -0.2) is 29.4 Å². The molecule has 0 bridgehead atoms. The number of aliphatic hydroxyl groups excluding tert-OH is 1. The number of aliphatic carboxylic acids is 1. The summed E-state index contributed by atoms with van der Waals surface area (Å²) in [5.41, 5.74) is 0. The Morgan fingerprint density at radius 3 is 2.67 bits per heavy atom. The molecule has 1 N–H and O–H groups in total. The van der Waals surface area contributed by atoms with Crippen molar-refractivity contribution in [1.29, 1.82) is 0 Å². The number of allylic oxidation sites excluding steroid dienone is 2. The van der Waals surface area contributed by atoms with E-state index in [1.54, 1.807) is 6.08 Å². The molecule has 1 rings (SSSR count). The zero-order valence-corrected chi connectivity index (χ0v) is 14.7. The number of unbranched alkanes of at least 4 members (excludes halogenated alkanes) is 4. The van der Waals surface area contributed by atoms with Crippen LogP contribution < -0.4 is 5.11 Å². The fourth-order valence-corrected chi connectivity index (χ4v) is 2.41. The molecule has 0 aromatic heterocycles. The second-order valence-corrected chi connectivity index (χ2v) is 6.27. The summed E-state index contributed by atoms with van der Waals surface area (Å²) in [7, 11) is 0. The van der Waals surface area contributed by atoms with Gasteiger partial charge in [0.25, 0.3) is 0 Å². The number of carboxylic acid groups (broad SMARTS) is 1. The molecular weight excluding hydrogens is 304 g/mol. The standard InChI is InChI=1S/C20H32O4/c1-2-3-4-5-6-10-13-18-19(24-18)16-15-17(21)12-9-7-8-11-14-20(22)23/h6-7,9-10,15-19,21H,2-5,8,11-14H2,1H3,(H,22,23)/p-1/b9-7-,10-6-,16-15+/t17-,18-,19-/m1/s1. The minimum atomic E-state index is -1.01. The lowest BCUT2D eigenvalue weighted by Crippen LogP contribution is -2.21. The molecule has 0 aromatic rings. The largest absolute Gasteiger partial charge is 0.550 e. The molecule has 0 radical (unpaired) electrons. The summed E-state index contributed by atoms with van der Waals surface area (Å²) in [6, 6.07) is 0. The van der Waals surface area contributed by atoms with E-state index in [4.69, 9.17) is 4.74 Å². The van der Waals surface area contributed by atoms with E-state index in [1.165, 1.54) is 19.3 Å². The van der Waals surface area contributed by atoms with E-state index in [9.17, 15) is 15.0 Å². The Kier molecular flexibility index (Phi) is 11.2. The molecular formula is C20H31O4-. The zero-order chi connectivity index (χ0) is 17.6. The van der Waals surface area contributed by atoms with Crippen molar-refractivity contribution in [1.82, 2.24) is 0 Å². The average molecular weight is 335 g/mol. The molecule has 0 spiro atoms. The van der Waals surface area contributed by atoms with Crippen molar-refractivity contribution >= 4 is 5.97 Å². The number of carbonyl (C=O) groups excluding carboxylic acids is 1. The van der Waals surface area contributed by atoms with Crippen LogP contribution in [0, 0.1) is 0 Å². The highest BCUT2D eigenvalue weighted by molar-refractivity contribution is 5.64. The van der Waals surface area contributed by atoms with Crippen LogP contribution in [0.1, 0.15) is 64.7 Å². The van der Waals surface area contributed by atoms with Crippen LogP contribution in [0.15, 0.2) is 36.5 Å². The van der Waals surface area contributed by atoms with Crippen molar-refractivity contribution in [3.05, 3.63) is 36.5 Å². The van der Waals surface area contributed by atoms with Gasteiger partial charge < -0.3 is 19.7 Å². The number of epoxide rings is 1. The van der Waals surface area contributed by atoms with E-state index in [0.717, 1.165) is 12.8 Å². The third-order valence-electron chi connectivity index (χ3n) is 3.95. The van der Waals surface area contributed by atoms with E-state index in [-0.39, 0.29) is 18.6 Å². The first kappa shape index (κ1) is 20.7. The summed E-state index contributed by atoms with van der Waals surface area (Å²) in [5.74, 6) is -1.01. The van der Waals surface area contributed by atoms with Gasteiger partial charge in [0.15, 0.2) is 0 Å². The normalized spacial score (nSPS) is 21.9. The Hall–Kier alpha value is -1.39. The Bertz CT molecular complexity index is 425. The summed E-state index contributed by atoms with van der Waals surface area (Å²) in [4.78, 5) is 10.2. The summed E-state index contributed by atoms with van der Waals surface area (Å²) < 4.78 is 5.55. The SMILES string of the molecule is CCCCC/C=C\C[C@H]1O[C@@H]1/C=C/[C@H](O)C/C=C\CCCC(=O)[O-]. The first-order valence-electron chi connectivity index (χ1n) is 9.15. The van der Waals surface area contributed by atoms with Crippen molar-refractivity contribution in [2.75, 3.05) is 0 Å². The van der Waals surface area contributed by atoms with Crippen LogP contribution >= 0.6 is 0 Å². The van der Waals surface area contributed by atoms with Gasteiger partial charge in [0.1, 0.15) is 6.10 Å². The number of ether oxygens (including phenoxy) is 1. The molecule has 0 amide bonds. The van der Waals surface area contributed by atoms with Crippen LogP contribution in [0.4, 0.5) is 0 Å². The van der Waals surface area contributed by atoms with Crippen LogP contribution in [0.5, 0.6) is 0 Å². The van der Waals surface area contributed by atoms with Gasteiger partial charge in [0.05, 0.1) is 12.2 Å². The lowest BCUT2D eigenvalue weighted by molar-refractivity contribution is -0.305. The Morgan fingerprint density at radius 2 is 1.92 bits per heavy atom. The molecule has 1 aliphatic rings. The van der Waals surface area contributed by atoms with Gasteiger partial charge in [-0.05, 0) is 44.9 Å². The summed E-state index contributed by atoms with van der Waals surface area (Å²) in [6.07, 6.45) is 19.6. The van der Waals surface area contributed by atoms with Crippen molar-refractivity contribution < 1.29 is 19.7 Å². The van der Waals surface area contributed by atoms with Crippen molar-refractivity contribution in [3.63, 3.8) is 0 Å². The highest BCUT2D eigenvalue weighted by Crippen LogP contribution is 2.27. The van der Waals surface area contributed by atoms with E-state index in [2.05, 4.69) is 19.1 Å². The molecule has 1 aliphatic heterocycles. The minimum absolute atomic E-state index is 0.0836. The molecule has 0 saturated carbocycles. The first-order valence-corrected chi connectivity index (χ1v) is 9.15. The van der Waals surface area contributed by atoms with Gasteiger partial charge in [-0.25, -0.2) is 0 Å². The summed E-state index contributed by atoms with van der Waals surface area (Å²) >= 11 is 0. The fraction of sp³-hybridized carbons (Fsp3) is 0.650. The second kappa shape index (κ2) is 13.0. The monoisotopic (exact) mass is 335 g/mol. The molecule has 1 heterocycles. The molecule has 0 unspecified atom stereocenters. The number of carboxylic acids is 1. The third kappa shape index (κ3) is 11.2. The lowest BCUT2D eigenvalue weighted by atomic mass is 10.1. The van der Waals surface area contributed by atoms with Gasteiger partial charge >= 0.3 is 0 Å². The Morgan fingerprint density at radius 1 is 1.17 bits per heavy atom. The fourth-order valence-electron chi connectivity index (χ4n) is 2.41. The van der Waals surface area contributed by atoms with E-state index in [1.807, 2.05) is 18.2 Å². The number of carbonyl (C=O) groups is 1. The highest BCUT2D eigenvalue weighted by Gasteiger charge is 2.34. The van der Waals surface area contributed by atoms with Crippen LogP contribution in [0.3, 0.4) is 0 Å². The van der Waals surface area contributed by atoms with Gasteiger partial charge in [0.2, 0.25) is 0 Å². The molecule has 1 fully saturated rings. The van der Waals surface area contributed by atoms with E-state index in [0.29, 0.717) is 19.3 Å².